The van der Waals surface area contributed by atoms with E-state index in [1.54, 1.807) is 0 Å². The average molecular weight is 265 g/mol. The first-order valence-corrected chi connectivity index (χ1v) is 7.35. The van der Waals surface area contributed by atoms with Gasteiger partial charge in [0.1, 0.15) is 0 Å². The fraction of sp³-hybridized carbons (Fsp3) is 0.857. The highest BCUT2D eigenvalue weighted by Crippen LogP contribution is 2.59. The van der Waals surface area contributed by atoms with E-state index in [1.807, 2.05) is 0 Å². The largest absolute Gasteiger partial charge is 0.351 e. The lowest BCUT2D eigenvalue weighted by atomic mass is 9.49. The van der Waals surface area contributed by atoms with Crippen molar-refractivity contribution < 1.29 is 9.59 Å². The standard InChI is InChI=1S/C14H23N3O2/c15-13(19)17-12(18)7-16-8-14-4-9-1-10(5-14)3-11(2-9)6-14/h9-11,16H,1-8H2,(H3,15,17,18,19). The second-order valence-corrected chi connectivity index (χ2v) is 6.93. The molecule has 3 amide bonds. The van der Waals surface area contributed by atoms with E-state index in [-0.39, 0.29) is 12.5 Å². The van der Waals surface area contributed by atoms with Crippen LogP contribution in [0.2, 0.25) is 0 Å². The van der Waals surface area contributed by atoms with E-state index in [1.165, 1.54) is 38.5 Å². The quantitative estimate of drug-likeness (QED) is 0.708. The van der Waals surface area contributed by atoms with Crippen molar-refractivity contribution >= 4 is 11.9 Å². The Morgan fingerprint density at radius 1 is 1.05 bits per heavy atom. The molecule has 0 aromatic heterocycles. The molecule has 106 valence electrons. The van der Waals surface area contributed by atoms with Crippen molar-refractivity contribution in [2.45, 2.75) is 38.5 Å². The molecule has 0 radical (unpaired) electrons. The molecule has 4 aliphatic carbocycles. The summed E-state index contributed by atoms with van der Waals surface area (Å²) in [6, 6.07) is -0.776. The molecule has 0 unspecified atom stereocenters. The van der Waals surface area contributed by atoms with Crippen LogP contribution in [0.5, 0.6) is 0 Å². The minimum Gasteiger partial charge on any atom is -0.351 e. The number of hydrogen-bond acceptors (Lipinski definition) is 3. The van der Waals surface area contributed by atoms with Gasteiger partial charge in [0.25, 0.3) is 0 Å². The summed E-state index contributed by atoms with van der Waals surface area (Å²) >= 11 is 0. The summed E-state index contributed by atoms with van der Waals surface area (Å²) in [4.78, 5) is 21.9. The van der Waals surface area contributed by atoms with E-state index in [4.69, 9.17) is 5.73 Å². The van der Waals surface area contributed by atoms with Gasteiger partial charge in [-0.2, -0.15) is 0 Å². The van der Waals surface area contributed by atoms with Gasteiger partial charge in [-0.15, -0.1) is 0 Å². The van der Waals surface area contributed by atoms with Crippen molar-refractivity contribution in [1.82, 2.24) is 10.6 Å². The number of urea groups is 1. The van der Waals surface area contributed by atoms with Gasteiger partial charge in [-0.05, 0) is 61.7 Å². The van der Waals surface area contributed by atoms with Gasteiger partial charge in [-0.3, -0.25) is 10.1 Å². The van der Waals surface area contributed by atoms with Crippen LogP contribution in [-0.2, 0) is 4.79 Å². The molecule has 5 nitrogen and oxygen atoms in total. The number of nitrogens with one attached hydrogen (secondary N) is 2. The zero-order valence-corrected chi connectivity index (χ0v) is 11.3. The molecular weight excluding hydrogens is 242 g/mol. The Balaban J connectivity index is 1.50. The fourth-order valence-electron chi connectivity index (χ4n) is 5.13. The summed E-state index contributed by atoms with van der Waals surface area (Å²) in [7, 11) is 0. The lowest BCUT2D eigenvalue weighted by Crippen LogP contribution is -2.51. The van der Waals surface area contributed by atoms with Crippen LogP contribution in [0.4, 0.5) is 4.79 Å². The van der Waals surface area contributed by atoms with E-state index in [2.05, 4.69) is 10.6 Å². The van der Waals surface area contributed by atoms with Crippen LogP contribution < -0.4 is 16.4 Å². The summed E-state index contributed by atoms with van der Waals surface area (Å²) in [6.07, 6.45) is 8.26. The molecule has 0 aliphatic heterocycles. The number of imide groups is 1. The first kappa shape index (κ1) is 12.9. The summed E-state index contributed by atoms with van der Waals surface area (Å²) in [5, 5.41) is 5.32. The lowest BCUT2D eigenvalue weighted by molar-refractivity contribution is -0.119. The molecule has 4 aliphatic rings. The summed E-state index contributed by atoms with van der Waals surface area (Å²) < 4.78 is 0. The van der Waals surface area contributed by atoms with Crippen LogP contribution >= 0.6 is 0 Å². The minimum absolute atomic E-state index is 0.185. The number of nitrogens with two attached hydrogens (primary N) is 1. The van der Waals surface area contributed by atoms with Gasteiger partial charge >= 0.3 is 6.03 Å². The van der Waals surface area contributed by atoms with E-state index in [0.717, 1.165) is 24.3 Å². The van der Waals surface area contributed by atoms with E-state index in [0.29, 0.717) is 5.41 Å². The zero-order chi connectivity index (χ0) is 13.5. The Morgan fingerprint density at radius 2 is 1.58 bits per heavy atom. The molecular formula is C14H23N3O2. The number of rotatable bonds is 4. The molecule has 19 heavy (non-hydrogen) atoms. The van der Waals surface area contributed by atoms with E-state index >= 15 is 0 Å². The maximum absolute atomic E-state index is 11.4. The average Bonchev–Trinajstić information content (AvgIpc) is 2.25. The normalized spacial score (nSPS) is 39.3. The lowest BCUT2D eigenvalue weighted by Gasteiger charge is -2.57. The third-order valence-electron chi connectivity index (χ3n) is 5.21. The monoisotopic (exact) mass is 265 g/mol. The number of amides is 3. The number of hydrogen-bond donors (Lipinski definition) is 3. The smallest absolute Gasteiger partial charge is 0.318 e. The maximum Gasteiger partial charge on any atom is 0.318 e. The van der Waals surface area contributed by atoms with Crippen LogP contribution in [-0.4, -0.2) is 25.0 Å². The number of carbonyl (C=O) groups is 2. The van der Waals surface area contributed by atoms with Crippen LogP contribution in [0.25, 0.3) is 0 Å². The molecule has 5 heteroatoms. The number of carbonyl (C=O) groups excluding carboxylic acids is 2. The molecule has 0 aromatic rings. The SMILES string of the molecule is NC(=O)NC(=O)CNCC12CC3CC(CC(C3)C1)C2. The molecule has 4 rings (SSSR count). The number of primary amides is 1. The Labute approximate surface area is 113 Å². The Bertz CT molecular complexity index is 359. The van der Waals surface area contributed by atoms with Crippen molar-refractivity contribution in [1.29, 1.82) is 0 Å². The summed E-state index contributed by atoms with van der Waals surface area (Å²) in [5.74, 6) is 2.43. The van der Waals surface area contributed by atoms with Crippen molar-refractivity contribution in [3.63, 3.8) is 0 Å². The molecule has 0 atom stereocenters. The van der Waals surface area contributed by atoms with Crippen molar-refractivity contribution in [2.24, 2.45) is 28.9 Å². The molecule has 4 N–H and O–H groups in total. The van der Waals surface area contributed by atoms with Gasteiger partial charge in [0.2, 0.25) is 5.91 Å². The molecule has 0 aromatic carbocycles. The minimum atomic E-state index is -0.776. The predicted octanol–water partition coefficient (Wildman–Crippen LogP) is 0.987. The van der Waals surface area contributed by atoms with Crippen LogP contribution in [0.1, 0.15) is 38.5 Å². The topological polar surface area (TPSA) is 84.2 Å². The van der Waals surface area contributed by atoms with Gasteiger partial charge in [0.15, 0.2) is 0 Å². The van der Waals surface area contributed by atoms with Crippen LogP contribution in [0.15, 0.2) is 0 Å². The molecule has 0 saturated heterocycles. The van der Waals surface area contributed by atoms with Gasteiger partial charge in [-0.1, -0.05) is 0 Å². The molecule has 0 spiro atoms. The maximum atomic E-state index is 11.4. The highest BCUT2D eigenvalue weighted by molar-refractivity contribution is 5.94. The highest BCUT2D eigenvalue weighted by atomic mass is 16.2. The third kappa shape index (κ3) is 2.76. The van der Waals surface area contributed by atoms with Crippen LogP contribution in [0, 0.1) is 23.2 Å². The fourth-order valence-corrected chi connectivity index (χ4v) is 5.13. The predicted molar refractivity (Wildman–Crippen MR) is 71.2 cm³/mol. The molecule has 4 bridgehead atoms. The highest BCUT2D eigenvalue weighted by Gasteiger charge is 2.50. The van der Waals surface area contributed by atoms with Crippen LogP contribution in [0.3, 0.4) is 0 Å². The zero-order valence-electron chi connectivity index (χ0n) is 11.3. The van der Waals surface area contributed by atoms with E-state index < -0.39 is 6.03 Å². The molecule has 0 heterocycles. The van der Waals surface area contributed by atoms with Gasteiger partial charge in [0, 0.05) is 6.54 Å². The first-order chi connectivity index (χ1) is 9.05. The second kappa shape index (κ2) is 4.78. The van der Waals surface area contributed by atoms with Crippen molar-refractivity contribution in [3.8, 4) is 0 Å². The van der Waals surface area contributed by atoms with Crippen molar-refractivity contribution in [3.05, 3.63) is 0 Å². The molecule has 4 saturated carbocycles. The summed E-state index contributed by atoms with van der Waals surface area (Å²) in [6.45, 7) is 1.09. The van der Waals surface area contributed by atoms with Gasteiger partial charge < -0.3 is 11.1 Å². The Kier molecular flexibility index (Phi) is 3.25. The van der Waals surface area contributed by atoms with E-state index in [9.17, 15) is 9.59 Å². The second-order valence-electron chi connectivity index (χ2n) is 6.93. The molecule has 4 fully saturated rings. The van der Waals surface area contributed by atoms with Gasteiger partial charge in [0.05, 0.1) is 6.54 Å². The van der Waals surface area contributed by atoms with Gasteiger partial charge in [-0.25, -0.2) is 4.79 Å². The third-order valence-corrected chi connectivity index (χ3v) is 5.21. The Morgan fingerprint density at radius 3 is 2.05 bits per heavy atom. The Hall–Kier alpha value is -1.10. The van der Waals surface area contributed by atoms with Crippen molar-refractivity contribution in [2.75, 3.05) is 13.1 Å². The first-order valence-electron chi connectivity index (χ1n) is 7.35. The summed E-state index contributed by atoms with van der Waals surface area (Å²) in [5.41, 5.74) is 5.33.